The smallest absolute Gasteiger partial charge is 0.251 e. The predicted octanol–water partition coefficient (Wildman–Crippen LogP) is 3.24. The van der Waals surface area contributed by atoms with Gasteiger partial charge < -0.3 is 5.32 Å². The Kier molecular flexibility index (Phi) is 3.41. The number of carbonyl (C=O) groups excluding carboxylic acids is 1. The molecule has 128 valence electrons. The van der Waals surface area contributed by atoms with Gasteiger partial charge in [0.25, 0.3) is 5.91 Å². The fourth-order valence-electron chi connectivity index (χ4n) is 3.29. The number of nitrogens with zero attached hydrogens (tertiary/aromatic N) is 3. The maximum absolute atomic E-state index is 12.4. The van der Waals surface area contributed by atoms with E-state index in [-0.39, 0.29) is 5.91 Å². The number of benzene rings is 2. The van der Waals surface area contributed by atoms with Gasteiger partial charge >= 0.3 is 0 Å². The van der Waals surface area contributed by atoms with Crippen LogP contribution in [0.1, 0.15) is 40.7 Å². The largest absolute Gasteiger partial charge is 0.349 e. The van der Waals surface area contributed by atoms with Gasteiger partial charge in [0, 0.05) is 28.3 Å². The third kappa shape index (κ3) is 2.50. The summed E-state index contributed by atoms with van der Waals surface area (Å²) in [5, 5.41) is 9.86. The molecule has 2 aliphatic rings. The summed E-state index contributed by atoms with van der Waals surface area (Å²) >= 11 is 0. The van der Waals surface area contributed by atoms with Gasteiger partial charge in [0.2, 0.25) is 0 Å². The molecule has 3 aromatic rings. The average Bonchev–Trinajstić information content (AvgIpc) is 3.14. The first kappa shape index (κ1) is 15.0. The second-order valence-electron chi connectivity index (χ2n) is 6.71. The number of aliphatic imine (C=N–C) groups is 1. The van der Waals surface area contributed by atoms with Crippen molar-refractivity contribution in [2.75, 3.05) is 0 Å². The lowest BCUT2D eigenvalue weighted by Crippen LogP contribution is -2.39. The van der Waals surface area contributed by atoms with Crippen molar-refractivity contribution in [2.45, 2.75) is 25.3 Å². The number of amides is 1. The van der Waals surface area contributed by atoms with E-state index < -0.39 is 0 Å². The highest BCUT2D eigenvalue weighted by atomic mass is 16.1. The molecule has 2 aromatic carbocycles. The van der Waals surface area contributed by atoms with Crippen LogP contribution in [-0.4, -0.2) is 32.8 Å². The number of hydrogen-bond donors (Lipinski definition) is 2. The monoisotopic (exact) mass is 343 g/mol. The number of fused-ring (bicyclic) bond motifs is 1. The van der Waals surface area contributed by atoms with Crippen LogP contribution in [0.3, 0.4) is 0 Å². The van der Waals surface area contributed by atoms with Crippen LogP contribution in [0.25, 0.3) is 11.4 Å². The van der Waals surface area contributed by atoms with Gasteiger partial charge in [-0.05, 0) is 49.6 Å². The number of nitrogens with one attached hydrogen (secondary N) is 2. The Morgan fingerprint density at radius 3 is 2.81 bits per heavy atom. The Morgan fingerprint density at radius 1 is 1.12 bits per heavy atom. The number of carbonyl (C=O) groups is 1. The first-order chi connectivity index (χ1) is 12.8. The summed E-state index contributed by atoms with van der Waals surface area (Å²) in [5.74, 6) is 0.722. The zero-order chi connectivity index (χ0) is 17.5. The topological polar surface area (TPSA) is 83.0 Å². The molecule has 0 radical (unpaired) electrons. The maximum Gasteiger partial charge on any atom is 0.251 e. The van der Waals surface area contributed by atoms with Crippen LogP contribution in [-0.2, 0) is 0 Å². The van der Waals surface area contributed by atoms with E-state index in [9.17, 15) is 4.79 Å². The zero-order valence-corrected chi connectivity index (χ0v) is 14.1. The second-order valence-corrected chi connectivity index (χ2v) is 6.71. The van der Waals surface area contributed by atoms with E-state index in [4.69, 9.17) is 0 Å². The van der Waals surface area contributed by atoms with Gasteiger partial charge in [0.15, 0.2) is 5.82 Å². The molecule has 1 saturated carbocycles. The molecule has 5 rings (SSSR count). The highest BCUT2D eigenvalue weighted by molar-refractivity contribution is 6.22. The van der Waals surface area contributed by atoms with E-state index >= 15 is 0 Å². The molecular weight excluding hydrogens is 326 g/mol. The van der Waals surface area contributed by atoms with Crippen LogP contribution in [0.2, 0.25) is 0 Å². The Balaban J connectivity index is 1.42. The molecule has 0 atom stereocenters. The average molecular weight is 343 g/mol. The van der Waals surface area contributed by atoms with E-state index in [2.05, 4.69) is 31.6 Å². The zero-order valence-electron chi connectivity index (χ0n) is 14.1. The quantitative estimate of drug-likeness (QED) is 0.597. The van der Waals surface area contributed by atoms with Gasteiger partial charge in [-0.15, -0.1) is 0 Å². The van der Waals surface area contributed by atoms with Crippen molar-refractivity contribution in [2.24, 2.45) is 4.99 Å². The number of aromatic nitrogens is 3. The predicted molar refractivity (Wildman–Crippen MR) is 98.7 cm³/mol. The molecular formula is C20H17N5O. The molecule has 0 bridgehead atoms. The van der Waals surface area contributed by atoms with Crippen molar-refractivity contribution in [3.8, 4) is 11.4 Å². The van der Waals surface area contributed by atoms with Crippen LogP contribution in [0.5, 0.6) is 0 Å². The minimum atomic E-state index is -0.00731. The molecule has 0 unspecified atom stereocenters. The number of hydrogen-bond acceptors (Lipinski definition) is 4. The molecule has 26 heavy (non-hydrogen) atoms. The van der Waals surface area contributed by atoms with E-state index in [1.165, 1.54) is 12.7 Å². The lowest BCUT2D eigenvalue weighted by molar-refractivity contribution is 0.0917. The van der Waals surface area contributed by atoms with Crippen molar-refractivity contribution in [1.29, 1.82) is 0 Å². The first-order valence-electron chi connectivity index (χ1n) is 8.78. The van der Waals surface area contributed by atoms with Gasteiger partial charge in [0.1, 0.15) is 6.33 Å². The molecule has 2 N–H and O–H groups in total. The van der Waals surface area contributed by atoms with Crippen molar-refractivity contribution < 1.29 is 4.79 Å². The SMILES string of the molecule is O=C(NC1CCC1)c1cccc(C2=Nc3ccc(-c4ncn[nH]4)cc32)c1. The first-order valence-corrected chi connectivity index (χ1v) is 8.78. The number of rotatable bonds is 4. The normalized spacial score (nSPS) is 15.5. The Bertz CT molecular complexity index is 1020. The van der Waals surface area contributed by atoms with Gasteiger partial charge in [-0.1, -0.05) is 12.1 Å². The minimum absolute atomic E-state index is 0.00731. The van der Waals surface area contributed by atoms with Gasteiger partial charge in [-0.3, -0.25) is 9.89 Å². The lowest BCUT2D eigenvalue weighted by Gasteiger charge is -2.26. The van der Waals surface area contributed by atoms with Crippen LogP contribution in [0, 0.1) is 0 Å². The molecule has 6 heteroatoms. The van der Waals surface area contributed by atoms with E-state index in [0.717, 1.165) is 46.8 Å². The summed E-state index contributed by atoms with van der Waals surface area (Å²) < 4.78 is 0. The summed E-state index contributed by atoms with van der Waals surface area (Å²) in [6, 6.07) is 14.0. The summed E-state index contributed by atoms with van der Waals surface area (Å²) in [6.07, 6.45) is 4.85. The van der Waals surface area contributed by atoms with Gasteiger partial charge in [-0.2, -0.15) is 5.10 Å². The number of H-pyrrole nitrogens is 1. The lowest BCUT2D eigenvalue weighted by atomic mass is 9.91. The van der Waals surface area contributed by atoms with E-state index in [1.807, 2.05) is 36.4 Å². The molecule has 2 heterocycles. The summed E-state index contributed by atoms with van der Waals surface area (Å²) in [6.45, 7) is 0. The highest BCUT2D eigenvalue weighted by Crippen LogP contribution is 2.35. The summed E-state index contributed by atoms with van der Waals surface area (Å²) in [5.41, 5.74) is 5.51. The third-order valence-corrected chi connectivity index (χ3v) is 5.01. The van der Waals surface area contributed by atoms with Gasteiger partial charge in [0.05, 0.1) is 11.4 Å². The Labute approximate surface area is 150 Å². The van der Waals surface area contributed by atoms with Crippen molar-refractivity contribution in [1.82, 2.24) is 20.5 Å². The number of aromatic amines is 1. The third-order valence-electron chi connectivity index (χ3n) is 5.01. The maximum atomic E-state index is 12.4. The van der Waals surface area contributed by atoms with Crippen molar-refractivity contribution >= 4 is 17.3 Å². The van der Waals surface area contributed by atoms with Crippen molar-refractivity contribution in [3.63, 3.8) is 0 Å². The van der Waals surface area contributed by atoms with Crippen LogP contribution in [0.15, 0.2) is 53.8 Å². The molecule has 1 aliphatic heterocycles. The summed E-state index contributed by atoms with van der Waals surface area (Å²) in [4.78, 5) is 21.2. The van der Waals surface area contributed by atoms with Crippen molar-refractivity contribution in [3.05, 3.63) is 65.5 Å². The van der Waals surface area contributed by atoms with Crippen LogP contribution < -0.4 is 5.32 Å². The van der Waals surface area contributed by atoms with E-state index in [0.29, 0.717) is 11.6 Å². The Hall–Kier alpha value is -3.28. The molecule has 0 saturated heterocycles. The van der Waals surface area contributed by atoms with Crippen LogP contribution in [0.4, 0.5) is 5.69 Å². The van der Waals surface area contributed by atoms with Crippen LogP contribution >= 0.6 is 0 Å². The fourth-order valence-corrected chi connectivity index (χ4v) is 3.29. The van der Waals surface area contributed by atoms with E-state index in [1.54, 1.807) is 0 Å². The molecule has 1 amide bonds. The molecule has 1 aromatic heterocycles. The summed E-state index contributed by atoms with van der Waals surface area (Å²) in [7, 11) is 0. The highest BCUT2D eigenvalue weighted by Gasteiger charge is 2.23. The molecule has 6 nitrogen and oxygen atoms in total. The standard InChI is InChI=1S/C20H17N5O/c26-20(23-15-5-2-6-15)14-4-1-3-12(9-14)18-16-10-13(7-8-17(16)24-18)19-21-11-22-25-19/h1,3-4,7-11,15H,2,5-6H2,(H,23,26)(H,21,22,25). The Morgan fingerprint density at radius 2 is 2.04 bits per heavy atom. The van der Waals surface area contributed by atoms with Gasteiger partial charge in [-0.25, -0.2) is 9.98 Å². The molecule has 1 fully saturated rings. The fraction of sp³-hybridized carbons (Fsp3) is 0.200. The molecule has 0 spiro atoms. The minimum Gasteiger partial charge on any atom is -0.349 e. The second kappa shape index (κ2) is 5.91. The molecule has 1 aliphatic carbocycles.